The van der Waals surface area contributed by atoms with Gasteiger partial charge in [0.2, 0.25) is 0 Å². The van der Waals surface area contributed by atoms with Crippen molar-refractivity contribution < 1.29 is 23.8 Å². The van der Waals surface area contributed by atoms with Crippen molar-refractivity contribution in [2.45, 2.75) is 26.5 Å². The fraction of sp³-hybridized carbons (Fsp3) is 0.500. The van der Waals surface area contributed by atoms with Crippen molar-refractivity contribution in [3.63, 3.8) is 0 Å². The number of amides is 2. The van der Waals surface area contributed by atoms with E-state index in [0.29, 0.717) is 6.61 Å². The van der Waals surface area contributed by atoms with E-state index in [0.717, 1.165) is 11.3 Å². The molecule has 1 aromatic carbocycles. The van der Waals surface area contributed by atoms with E-state index in [2.05, 4.69) is 0 Å². The standard InChI is InChI=1S/C16H21NO5/c1-11(2)14-9-22-16(19)17(14)15(18)10-21-8-12-4-6-13(20-3)7-5-12/h4-7,11,14H,8-10H2,1-3H3/t14-/m1/s1. The lowest BCUT2D eigenvalue weighted by atomic mass is 10.0. The van der Waals surface area contributed by atoms with Gasteiger partial charge >= 0.3 is 6.09 Å². The van der Waals surface area contributed by atoms with Crippen molar-refractivity contribution in [3.8, 4) is 5.75 Å². The summed E-state index contributed by atoms with van der Waals surface area (Å²) in [6, 6.07) is 7.17. The molecule has 1 atom stereocenters. The molecule has 0 aromatic heterocycles. The second kappa shape index (κ2) is 7.26. The number of hydrogen-bond acceptors (Lipinski definition) is 5. The number of ether oxygens (including phenoxy) is 3. The highest BCUT2D eigenvalue weighted by Crippen LogP contribution is 2.20. The Bertz CT molecular complexity index is 526. The highest BCUT2D eigenvalue weighted by Gasteiger charge is 2.39. The molecule has 6 nitrogen and oxygen atoms in total. The SMILES string of the molecule is COc1ccc(COCC(=O)N2C(=O)OC[C@@H]2C(C)C)cc1. The molecule has 0 aliphatic carbocycles. The van der Waals surface area contributed by atoms with Crippen LogP contribution in [0.2, 0.25) is 0 Å². The summed E-state index contributed by atoms with van der Waals surface area (Å²) in [6.07, 6.45) is -0.586. The monoisotopic (exact) mass is 307 g/mol. The summed E-state index contributed by atoms with van der Waals surface area (Å²) < 4.78 is 15.4. The van der Waals surface area contributed by atoms with E-state index in [4.69, 9.17) is 14.2 Å². The van der Waals surface area contributed by atoms with E-state index in [9.17, 15) is 9.59 Å². The van der Waals surface area contributed by atoms with Gasteiger partial charge in [-0.1, -0.05) is 26.0 Å². The Morgan fingerprint density at radius 1 is 1.36 bits per heavy atom. The lowest BCUT2D eigenvalue weighted by molar-refractivity contribution is -0.135. The summed E-state index contributed by atoms with van der Waals surface area (Å²) in [6.45, 7) is 4.30. The molecule has 1 fully saturated rings. The Morgan fingerprint density at radius 3 is 2.64 bits per heavy atom. The van der Waals surface area contributed by atoms with E-state index in [1.807, 2.05) is 38.1 Å². The third-order valence-electron chi connectivity index (χ3n) is 3.60. The maximum atomic E-state index is 12.1. The Balaban J connectivity index is 1.85. The van der Waals surface area contributed by atoms with Crippen LogP contribution >= 0.6 is 0 Å². The topological polar surface area (TPSA) is 65.1 Å². The molecule has 0 radical (unpaired) electrons. The Labute approximate surface area is 129 Å². The maximum absolute atomic E-state index is 12.1. The third-order valence-corrected chi connectivity index (χ3v) is 3.60. The molecule has 120 valence electrons. The fourth-order valence-electron chi connectivity index (χ4n) is 2.26. The molecule has 0 saturated carbocycles. The number of methoxy groups -OCH3 is 1. The molecule has 2 amide bonds. The van der Waals surface area contributed by atoms with Gasteiger partial charge in [0.25, 0.3) is 5.91 Å². The van der Waals surface area contributed by atoms with Gasteiger partial charge in [0, 0.05) is 0 Å². The quantitative estimate of drug-likeness (QED) is 0.806. The van der Waals surface area contributed by atoms with Crippen LogP contribution in [0.4, 0.5) is 4.79 Å². The minimum absolute atomic E-state index is 0.148. The molecule has 0 bridgehead atoms. The summed E-state index contributed by atoms with van der Waals surface area (Å²) >= 11 is 0. The van der Waals surface area contributed by atoms with E-state index in [-0.39, 0.29) is 31.1 Å². The number of carbonyl (C=O) groups excluding carboxylic acids is 2. The predicted molar refractivity (Wildman–Crippen MR) is 79.5 cm³/mol. The first-order valence-electron chi connectivity index (χ1n) is 7.22. The third kappa shape index (κ3) is 3.76. The molecule has 0 N–H and O–H groups in total. The molecule has 2 rings (SSSR count). The van der Waals surface area contributed by atoms with Gasteiger partial charge in [-0.3, -0.25) is 4.79 Å². The summed E-state index contributed by atoms with van der Waals surface area (Å²) in [4.78, 5) is 25.0. The normalized spacial score (nSPS) is 17.7. The molecular formula is C16H21NO5. The summed E-state index contributed by atoms with van der Waals surface area (Å²) in [5, 5.41) is 0. The second-order valence-corrected chi connectivity index (χ2v) is 5.49. The Kier molecular flexibility index (Phi) is 5.38. The van der Waals surface area contributed by atoms with Crippen molar-refractivity contribution in [2.75, 3.05) is 20.3 Å². The van der Waals surface area contributed by atoms with Gasteiger partial charge in [0.15, 0.2) is 0 Å². The van der Waals surface area contributed by atoms with Crippen LogP contribution in [0.1, 0.15) is 19.4 Å². The Hall–Kier alpha value is -2.08. The highest BCUT2D eigenvalue weighted by molar-refractivity contribution is 5.94. The Morgan fingerprint density at radius 2 is 2.05 bits per heavy atom. The number of carbonyl (C=O) groups is 2. The first-order valence-corrected chi connectivity index (χ1v) is 7.22. The van der Waals surface area contributed by atoms with E-state index in [1.54, 1.807) is 7.11 Å². The minimum atomic E-state index is -0.586. The van der Waals surface area contributed by atoms with E-state index in [1.165, 1.54) is 4.90 Å². The lowest BCUT2D eigenvalue weighted by Gasteiger charge is -2.22. The van der Waals surface area contributed by atoms with Crippen LogP contribution in [0.25, 0.3) is 0 Å². The van der Waals surface area contributed by atoms with Crippen LogP contribution in [0.15, 0.2) is 24.3 Å². The molecule has 1 aromatic rings. The van der Waals surface area contributed by atoms with Crippen LogP contribution in [0, 0.1) is 5.92 Å². The number of hydrogen-bond donors (Lipinski definition) is 0. The number of imide groups is 1. The zero-order valence-electron chi connectivity index (χ0n) is 13.1. The summed E-state index contributed by atoms with van der Waals surface area (Å²) in [7, 11) is 1.60. The first kappa shape index (κ1) is 16.3. The van der Waals surface area contributed by atoms with Crippen LogP contribution in [0.5, 0.6) is 5.75 Å². The zero-order chi connectivity index (χ0) is 16.1. The minimum Gasteiger partial charge on any atom is -0.497 e. The summed E-state index contributed by atoms with van der Waals surface area (Å²) in [5.41, 5.74) is 0.929. The summed E-state index contributed by atoms with van der Waals surface area (Å²) in [5.74, 6) is 0.547. The number of benzene rings is 1. The van der Waals surface area contributed by atoms with Crippen molar-refractivity contribution >= 4 is 12.0 Å². The molecule has 1 saturated heterocycles. The molecule has 0 unspecified atom stereocenters. The smallest absolute Gasteiger partial charge is 0.417 e. The van der Waals surface area contributed by atoms with Gasteiger partial charge in [-0.15, -0.1) is 0 Å². The van der Waals surface area contributed by atoms with Gasteiger partial charge in [-0.2, -0.15) is 0 Å². The average molecular weight is 307 g/mol. The van der Waals surface area contributed by atoms with E-state index >= 15 is 0 Å². The number of cyclic esters (lactones) is 1. The molecule has 1 heterocycles. The highest BCUT2D eigenvalue weighted by atomic mass is 16.6. The van der Waals surface area contributed by atoms with Crippen LogP contribution < -0.4 is 4.74 Å². The number of rotatable bonds is 6. The van der Waals surface area contributed by atoms with Crippen molar-refractivity contribution in [2.24, 2.45) is 5.92 Å². The van der Waals surface area contributed by atoms with Crippen LogP contribution in [-0.2, 0) is 20.9 Å². The first-order chi connectivity index (χ1) is 10.5. The van der Waals surface area contributed by atoms with Gasteiger partial charge < -0.3 is 14.2 Å². The number of nitrogens with zero attached hydrogens (tertiary/aromatic N) is 1. The van der Waals surface area contributed by atoms with Gasteiger partial charge in [-0.25, -0.2) is 9.69 Å². The molecule has 22 heavy (non-hydrogen) atoms. The molecule has 1 aliphatic rings. The van der Waals surface area contributed by atoms with Gasteiger partial charge in [-0.05, 0) is 23.6 Å². The maximum Gasteiger partial charge on any atom is 0.417 e. The predicted octanol–water partition coefficient (Wildman–Crippen LogP) is 2.22. The largest absolute Gasteiger partial charge is 0.497 e. The van der Waals surface area contributed by atoms with Crippen molar-refractivity contribution in [1.82, 2.24) is 4.90 Å². The molecular weight excluding hydrogens is 286 g/mol. The molecule has 1 aliphatic heterocycles. The lowest BCUT2D eigenvalue weighted by Crippen LogP contribution is -2.43. The van der Waals surface area contributed by atoms with Gasteiger partial charge in [0.1, 0.15) is 19.0 Å². The van der Waals surface area contributed by atoms with Crippen molar-refractivity contribution in [3.05, 3.63) is 29.8 Å². The second-order valence-electron chi connectivity index (χ2n) is 5.49. The van der Waals surface area contributed by atoms with Crippen molar-refractivity contribution in [1.29, 1.82) is 0 Å². The van der Waals surface area contributed by atoms with Gasteiger partial charge in [0.05, 0.1) is 19.8 Å². The zero-order valence-corrected chi connectivity index (χ0v) is 13.1. The molecule has 0 spiro atoms. The van der Waals surface area contributed by atoms with Crippen LogP contribution in [0.3, 0.4) is 0 Å². The fourth-order valence-corrected chi connectivity index (χ4v) is 2.26. The van der Waals surface area contributed by atoms with Crippen LogP contribution in [-0.4, -0.2) is 43.3 Å². The van der Waals surface area contributed by atoms with E-state index < -0.39 is 6.09 Å². The molecule has 6 heteroatoms. The average Bonchev–Trinajstić information content (AvgIpc) is 2.90.